The Morgan fingerprint density at radius 1 is 0.373 bits per heavy atom. The van der Waals surface area contributed by atoms with Crippen LogP contribution < -0.4 is 4.90 Å². The topological polar surface area (TPSA) is 3.24 Å². The van der Waals surface area contributed by atoms with E-state index >= 15 is 0 Å². The van der Waals surface area contributed by atoms with Crippen molar-refractivity contribution < 1.29 is 0 Å². The lowest BCUT2D eigenvalue weighted by Crippen LogP contribution is -2.28. The van der Waals surface area contributed by atoms with E-state index in [1.165, 1.54) is 64.7 Å². The number of nitrogens with zero attached hydrogens (tertiary/aromatic N) is 1. The molecule has 0 bridgehead atoms. The van der Waals surface area contributed by atoms with Gasteiger partial charge in [0.1, 0.15) is 0 Å². The van der Waals surface area contributed by atoms with Crippen LogP contribution in [-0.4, -0.2) is 0 Å². The van der Waals surface area contributed by atoms with Gasteiger partial charge in [-0.15, -0.1) is 11.3 Å². The predicted molar refractivity (Wildman–Crippen MR) is 217 cm³/mol. The van der Waals surface area contributed by atoms with Crippen molar-refractivity contribution in [2.75, 3.05) is 4.90 Å². The molecule has 9 aromatic rings. The van der Waals surface area contributed by atoms with Crippen LogP contribution in [0.15, 0.2) is 200 Å². The van der Waals surface area contributed by atoms with Crippen molar-refractivity contribution in [2.45, 2.75) is 5.41 Å². The summed E-state index contributed by atoms with van der Waals surface area (Å²) in [6, 6.07) is 73.4. The third kappa shape index (κ3) is 4.61. The van der Waals surface area contributed by atoms with Gasteiger partial charge < -0.3 is 4.90 Å². The van der Waals surface area contributed by atoms with Crippen LogP contribution in [-0.2, 0) is 5.41 Å². The normalized spacial score (nSPS) is 12.9. The zero-order chi connectivity index (χ0) is 33.8. The number of para-hydroxylation sites is 2. The monoisotopic (exact) mass is 667 g/mol. The highest BCUT2D eigenvalue weighted by atomic mass is 32.1. The first-order valence-electron chi connectivity index (χ1n) is 17.5. The molecule has 0 spiro atoms. The van der Waals surface area contributed by atoms with E-state index in [1.54, 1.807) is 0 Å². The van der Waals surface area contributed by atoms with E-state index in [2.05, 4.69) is 205 Å². The van der Waals surface area contributed by atoms with E-state index in [1.807, 2.05) is 11.3 Å². The molecule has 0 fully saturated rings. The van der Waals surface area contributed by atoms with E-state index < -0.39 is 5.41 Å². The van der Waals surface area contributed by atoms with Crippen LogP contribution in [0.2, 0.25) is 0 Å². The number of hydrogen-bond acceptors (Lipinski definition) is 2. The van der Waals surface area contributed by atoms with Gasteiger partial charge in [0.15, 0.2) is 0 Å². The highest BCUT2D eigenvalue weighted by molar-refractivity contribution is 7.25. The summed E-state index contributed by atoms with van der Waals surface area (Å²) in [5.74, 6) is 0. The van der Waals surface area contributed by atoms with E-state index in [4.69, 9.17) is 0 Å². The Hall–Kier alpha value is -6.22. The summed E-state index contributed by atoms with van der Waals surface area (Å²) in [4.78, 5) is 2.41. The predicted octanol–water partition coefficient (Wildman–Crippen LogP) is 13.6. The zero-order valence-electron chi connectivity index (χ0n) is 27.9. The van der Waals surface area contributed by atoms with Crippen molar-refractivity contribution in [3.63, 3.8) is 0 Å². The molecule has 51 heavy (non-hydrogen) atoms. The van der Waals surface area contributed by atoms with Gasteiger partial charge in [0, 0.05) is 37.1 Å². The molecule has 0 radical (unpaired) electrons. The molecule has 240 valence electrons. The number of benzene rings is 8. The average Bonchev–Trinajstić information content (AvgIpc) is 3.72. The summed E-state index contributed by atoms with van der Waals surface area (Å²) < 4.78 is 2.58. The van der Waals surface area contributed by atoms with Gasteiger partial charge in [0.25, 0.3) is 0 Å². The summed E-state index contributed by atoms with van der Waals surface area (Å²) in [5.41, 5.74) is 13.2. The number of anilines is 3. The molecule has 0 saturated heterocycles. The SMILES string of the molecule is c1ccc(-c2ccccc2N(c2ccccc2)c2ccc3sc4ccc(C5(c6ccccc6)c6ccccc6-c6ccccc65)cc4c3c2)cc1. The van der Waals surface area contributed by atoms with Crippen molar-refractivity contribution in [3.05, 3.63) is 222 Å². The third-order valence-electron chi connectivity index (χ3n) is 10.5. The second-order valence-electron chi connectivity index (χ2n) is 13.3. The van der Waals surface area contributed by atoms with Crippen molar-refractivity contribution >= 4 is 48.6 Å². The largest absolute Gasteiger partial charge is 0.310 e. The Labute approximate surface area is 302 Å². The second kappa shape index (κ2) is 12.0. The van der Waals surface area contributed by atoms with Crippen LogP contribution in [0, 0.1) is 0 Å². The lowest BCUT2D eigenvalue weighted by atomic mass is 9.67. The van der Waals surface area contributed by atoms with Gasteiger partial charge in [0.2, 0.25) is 0 Å². The number of thiophene rings is 1. The van der Waals surface area contributed by atoms with E-state index in [9.17, 15) is 0 Å². The minimum atomic E-state index is -0.431. The van der Waals surface area contributed by atoms with Crippen molar-refractivity contribution in [1.82, 2.24) is 0 Å². The molecule has 10 rings (SSSR count). The van der Waals surface area contributed by atoms with Crippen molar-refractivity contribution in [1.29, 1.82) is 0 Å². The summed E-state index contributed by atoms with van der Waals surface area (Å²) in [6.45, 7) is 0. The molecule has 1 aromatic heterocycles. The molecular formula is C49H33NS. The highest BCUT2D eigenvalue weighted by Gasteiger charge is 2.45. The lowest BCUT2D eigenvalue weighted by molar-refractivity contribution is 0.770. The van der Waals surface area contributed by atoms with Gasteiger partial charge in [-0.2, -0.15) is 0 Å². The Morgan fingerprint density at radius 2 is 0.902 bits per heavy atom. The van der Waals surface area contributed by atoms with Crippen LogP contribution in [0.5, 0.6) is 0 Å². The first-order valence-corrected chi connectivity index (χ1v) is 18.3. The first kappa shape index (κ1) is 29.7. The average molecular weight is 668 g/mol. The zero-order valence-corrected chi connectivity index (χ0v) is 28.7. The molecule has 8 aromatic carbocycles. The molecule has 1 heterocycles. The smallest absolute Gasteiger partial charge is 0.0713 e. The summed E-state index contributed by atoms with van der Waals surface area (Å²) >= 11 is 1.87. The van der Waals surface area contributed by atoms with Gasteiger partial charge in [-0.25, -0.2) is 0 Å². The van der Waals surface area contributed by atoms with Gasteiger partial charge in [0.05, 0.1) is 11.1 Å². The molecule has 0 aliphatic heterocycles. The quantitative estimate of drug-likeness (QED) is 0.171. The second-order valence-corrected chi connectivity index (χ2v) is 14.3. The van der Waals surface area contributed by atoms with Gasteiger partial charge >= 0.3 is 0 Å². The first-order chi connectivity index (χ1) is 25.3. The standard InChI is InChI=1S/C49H33NS/c1-4-16-34(17-5-1)39-22-12-15-27-46(39)50(37-20-8-3-9-21-37)38-29-31-48-43(33-38)42-32-36(28-30-47(42)51-48)49(35-18-6-2-7-19-35)44-25-13-10-23-40(44)41-24-11-14-26-45(41)49/h1-33H. The van der Waals surface area contributed by atoms with Gasteiger partial charge in [-0.3, -0.25) is 0 Å². The Kier molecular flexibility index (Phi) is 6.97. The molecular weight excluding hydrogens is 635 g/mol. The van der Waals surface area contributed by atoms with Crippen LogP contribution in [0.1, 0.15) is 22.3 Å². The maximum Gasteiger partial charge on any atom is 0.0713 e. The maximum absolute atomic E-state index is 2.48. The molecule has 1 aliphatic rings. The van der Waals surface area contributed by atoms with Gasteiger partial charge in [-0.1, -0.05) is 152 Å². The van der Waals surface area contributed by atoms with Crippen LogP contribution in [0.25, 0.3) is 42.4 Å². The number of hydrogen-bond donors (Lipinski definition) is 0. The molecule has 2 heteroatoms. The van der Waals surface area contributed by atoms with Crippen LogP contribution in [0.4, 0.5) is 17.1 Å². The Morgan fingerprint density at radius 3 is 1.59 bits per heavy atom. The maximum atomic E-state index is 2.48. The van der Waals surface area contributed by atoms with Gasteiger partial charge in [-0.05, 0) is 87.5 Å². The third-order valence-corrected chi connectivity index (χ3v) is 11.7. The molecule has 1 nitrogen and oxygen atoms in total. The summed E-state index contributed by atoms with van der Waals surface area (Å²) in [6.07, 6.45) is 0. The Balaban J connectivity index is 1.22. The number of rotatable bonds is 6. The minimum absolute atomic E-state index is 0.431. The molecule has 1 aliphatic carbocycles. The Bertz CT molecular complexity index is 2650. The summed E-state index contributed by atoms with van der Waals surface area (Å²) in [5, 5.41) is 2.56. The molecule has 0 N–H and O–H groups in total. The van der Waals surface area contributed by atoms with Crippen LogP contribution in [0.3, 0.4) is 0 Å². The molecule has 0 amide bonds. The molecule has 0 unspecified atom stereocenters. The fourth-order valence-electron chi connectivity index (χ4n) is 8.38. The van der Waals surface area contributed by atoms with E-state index in [0.717, 1.165) is 17.1 Å². The number of fused-ring (bicyclic) bond motifs is 6. The van der Waals surface area contributed by atoms with Crippen molar-refractivity contribution in [3.8, 4) is 22.3 Å². The minimum Gasteiger partial charge on any atom is -0.310 e. The summed E-state index contributed by atoms with van der Waals surface area (Å²) in [7, 11) is 0. The lowest BCUT2D eigenvalue weighted by Gasteiger charge is -2.34. The fraction of sp³-hybridized carbons (Fsp3) is 0.0204. The van der Waals surface area contributed by atoms with E-state index in [-0.39, 0.29) is 0 Å². The fourth-order valence-corrected chi connectivity index (χ4v) is 9.45. The van der Waals surface area contributed by atoms with Crippen molar-refractivity contribution in [2.24, 2.45) is 0 Å². The molecule has 0 saturated carbocycles. The van der Waals surface area contributed by atoms with E-state index in [0.29, 0.717) is 0 Å². The highest BCUT2D eigenvalue weighted by Crippen LogP contribution is 2.56. The van der Waals surface area contributed by atoms with Crippen LogP contribution >= 0.6 is 11.3 Å². The molecule has 0 atom stereocenters.